The zero-order valence-electron chi connectivity index (χ0n) is 15.1. The molecule has 3 rings (SSSR count). The minimum atomic E-state index is 0.0132. The van der Waals surface area contributed by atoms with Crippen molar-refractivity contribution >= 4 is 5.91 Å². The lowest BCUT2D eigenvalue weighted by Crippen LogP contribution is -2.30. The summed E-state index contributed by atoms with van der Waals surface area (Å²) in [6, 6.07) is 11.3. The molecule has 1 saturated heterocycles. The predicted octanol–water partition coefficient (Wildman–Crippen LogP) is 1.88. The van der Waals surface area contributed by atoms with Gasteiger partial charge in [0.1, 0.15) is 0 Å². The first kappa shape index (κ1) is 18.2. The smallest absolute Gasteiger partial charge is 0.227 e. The highest BCUT2D eigenvalue weighted by molar-refractivity contribution is 5.79. The number of carbonyl (C=O) groups is 1. The predicted molar refractivity (Wildman–Crippen MR) is 97.4 cm³/mol. The first-order chi connectivity index (χ1) is 12.7. The van der Waals surface area contributed by atoms with Crippen LogP contribution in [0.2, 0.25) is 0 Å². The molecule has 0 unspecified atom stereocenters. The van der Waals surface area contributed by atoms with E-state index in [0.717, 1.165) is 11.3 Å². The Hall–Kier alpha value is -2.60. The number of hydrogen-bond acceptors (Lipinski definition) is 5. The molecule has 0 saturated carbocycles. The molecule has 1 fully saturated rings. The summed E-state index contributed by atoms with van der Waals surface area (Å²) in [5.74, 6) is 1.36. The van der Waals surface area contributed by atoms with Gasteiger partial charge in [-0.15, -0.1) is 0 Å². The van der Waals surface area contributed by atoms with E-state index in [1.165, 1.54) is 0 Å². The Morgan fingerprint density at radius 2 is 2.00 bits per heavy atom. The number of pyridine rings is 1. The lowest BCUT2D eigenvalue weighted by Gasteiger charge is -2.17. The number of hydrogen-bond donors (Lipinski definition) is 1. The third-order valence-corrected chi connectivity index (χ3v) is 4.90. The summed E-state index contributed by atoms with van der Waals surface area (Å²) in [4.78, 5) is 19.0. The second-order valence-corrected chi connectivity index (χ2v) is 6.47. The monoisotopic (exact) mass is 356 g/mol. The number of aromatic nitrogens is 1. The van der Waals surface area contributed by atoms with Gasteiger partial charge in [0.15, 0.2) is 11.5 Å². The lowest BCUT2D eigenvalue weighted by molar-refractivity contribution is -0.129. The summed E-state index contributed by atoms with van der Waals surface area (Å²) < 4.78 is 10.5. The van der Waals surface area contributed by atoms with Crippen molar-refractivity contribution in [2.24, 2.45) is 5.92 Å². The van der Waals surface area contributed by atoms with Crippen LogP contribution >= 0.6 is 0 Å². The summed E-state index contributed by atoms with van der Waals surface area (Å²) in [6.07, 6.45) is 2.03. The number of likely N-dealkylation sites (tertiary alicyclic amines) is 1. The molecule has 1 amide bonds. The maximum Gasteiger partial charge on any atom is 0.227 e. The fourth-order valence-corrected chi connectivity index (χ4v) is 3.47. The molecule has 0 spiro atoms. The highest BCUT2D eigenvalue weighted by atomic mass is 16.5. The van der Waals surface area contributed by atoms with Crippen molar-refractivity contribution in [2.45, 2.75) is 12.3 Å². The van der Waals surface area contributed by atoms with E-state index >= 15 is 0 Å². The van der Waals surface area contributed by atoms with Crippen LogP contribution < -0.4 is 9.47 Å². The Balaban J connectivity index is 1.71. The summed E-state index contributed by atoms with van der Waals surface area (Å²) in [5.41, 5.74) is 1.79. The SMILES string of the molecule is COc1ccc(CC(=O)N2C[C@@H](CO)[C@H](c3ccccn3)C2)cc1OC. The first-order valence-electron chi connectivity index (χ1n) is 8.66. The van der Waals surface area contributed by atoms with E-state index in [-0.39, 0.29) is 30.8 Å². The molecule has 0 bridgehead atoms. The largest absolute Gasteiger partial charge is 0.493 e. The summed E-state index contributed by atoms with van der Waals surface area (Å²) in [5, 5.41) is 9.72. The van der Waals surface area contributed by atoms with Crippen molar-refractivity contribution in [3.63, 3.8) is 0 Å². The number of amides is 1. The highest BCUT2D eigenvalue weighted by Gasteiger charge is 2.36. The van der Waals surface area contributed by atoms with Crippen LogP contribution in [0.4, 0.5) is 0 Å². The maximum atomic E-state index is 12.8. The van der Waals surface area contributed by atoms with E-state index in [1.807, 2.05) is 35.2 Å². The van der Waals surface area contributed by atoms with Gasteiger partial charge >= 0.3 is 0 Å². The van der Waals surface area contributed by atoms with E-state index in [4.69, 9.17) is 9.47 Å². The van der Waals surface area contributed by atoms with Gasteiger partial charge in [0.2, 0.25) is 5.91 Å². The van der Waals surface area contributed by atoms with Gasteiger partial charge in [-0.05, 0) is 29.8 Å². The molecule has 1 aliphatic heterocycles. The number of nitrogens with zero attached hydrogens (tertiary/aromatic N) is 2. The van der Waals surface area contributed by atoms with Gasteiger partial charge in [0.05, 0.1) is 20.6 Å². The van der Waals surface area contributed by atoms with E-state index in [2.05, 4.69) is 4.98 Å². The summed E-state index contributed by atoms with van der Waals surface area (Å²) in [6.45, 7) is 1.17. The van der Waals surface area contributed by atoms with Crippen molar-refractivity contribution in [3.05, 3.63) is 53.9 Å². The Morgan fingerprint density at radius 3 is 2.65 bits per heavy atom. The molecule has 6 heteroatoms. The third-order valence-electron chi connectivity index (χ3n) is 4.90. The number of methoxy groups -OCH3 is 2. The Morgan fingerprint density at radius 1 is 1.19 bits per heavy atom. The molecule has 2 aromatic rings. The van der Waals surface area contributed by atoms with Crippen LogP contribution in [-0.2, 0) is 11.2 Å². The summed E-state index contributed by atoms with van der Waals surface area (Å²) >= 11 is 0. The van der Waals surface area contributed by atoms with Gasteiger partial charge in [-0.3, -0.25) is 9.78 Å². The standard InChI is InChI=1S/C20H24N2O4/c1-25-18-7-6-14(9-19(18)26-2)10-20(24)22-11-15(13-23)16(12-22)17-5-3-4-8-21-17/h3-9,15-16,23H,10-13H2,1-2H3/t15-,16+/m0/s1. The quantitative estimate of drug-likeness (QED) is 0.856. The summed E-state index contributed by atoms with van der Waals surface area (Å²) in [7, 11) is 3.16. The second kappa shape index (κ2) is 8.19. The van der Waals surface area contributed by atoms with Crippen molar-refractivity contribution < 1.29 is 19.4 Å². The van der Waals surface area contributed by atoms with Crippen LogP contribution in [0, 0.1) is 5.92 Å². The van der Waals surface area contributed by atoms with Crippen LogP contribution in [0.1, 0.15) is 17.2 Å². The molecule has 138 valence electrons. The molecule has 1 aliphatic rings. The fraction of sp³-hybridized carbons (Fsp3) is 0.400. The molecule has 1 aromatic heterocycles. The minimum absolute atomic E-state index is 0.0132. The van der Waals surface area contributed by atoms with Crippen LogP contribution in [0.15, 0.2) is 42.6 Å². The number of carbonyl (C=O) groups excluding carboxylic acids is 1. The Bertz CT molecular complexity index is 751. The molecule has 1 aromatic carbocycles. The van der Waals surface area contributed by atoms with Crippen molar-refractivity contribution in [1.82, 2.24) is 9.88 Å². The van der Waals surface area contributed by atoms with E-state index in [9.17, 15) is 9.90 Å². The average Bonchev–Trinajstić information content (AvgIpc) is 3.13. The zero-order chi connectivity index (χ0) is 18.5. The molecule has 0 aliphatic carbocycles. The number of ether oxygens (including phenoxy) is 2. The Kier molecular flexibility index (Phi) is 5.73. The minimum Gasteiger partial charge on any atom is -0.493 e. The van der Waals surface area contributed by atoms with Crippen molar-refractivity contribution in [3.8, 4) is 11.5 Å². The number of aliphatic hydroxyl groups excluding tert-OH is 1. The van der Waals surface area contributed by atoms with Crippen LogP contribution in [0.25, 0.3) is 0 Å². The van der Waals surface area contributed by atoms with Crippen molar-refractivity contribution in [1.29, 1.82) is 0 Å². The van der Waals surface area contributed by atoms with Gasteiger partial charge in [0, 0.05) is 43.4 Å². The molecular formula is C20H24N2O4. The molecule has 1 N–H and O–H groups in total. The van der Waals surface area contributed by atoms with Crippen molar-refractivity contribution in [2.75, 3.05) is 33.9 Å². The van der Waals surface area contributed by atoms with Gasteiger partial charge in [0.25, 0.3) is 0 Å². The van der Waals surface area contributed by atoms with E-state index < -0.39 is 0 Å². The number of benzene rings is 1. The van der Waals surface area contributed by atoms with Gasteiger partial charge in [-0.2, -0.15) is 0 Å². The molecular weight excluding hydrogens is 332 g/mol. The van der Waals surface area contributed by atoms with Crippen LogP contribution in [0.5, 0.6) is 11.5 Å². The number of aliphatic hydroxyl groups is 1. The van der Waals surface area contributed by atoms with E-state index in [1.54, 1.807) is 26.5 Å². The lowest BCUT2D eigenvalue weighted by atomic mass is 9.93. The van der Waals surface area contributed by atoms with Gasteiger partial charge < -0.3 is 19.5 Å². The second-order valence-electron chi connectivity index (χ2n) is 6.47. The molecule has 2 heterocycles. The maximum absolute atomic E-state index is 12.8. The fourth-order valence-electron chi connectivity index (χ4n) is 3.47. The molecule has 26 heavy (non-hydrogen) atoms. The molecule has 6 nitrogen and oxygen atoms in total. The highest BCUT2D eigenvalue weighted by Crippen LogP contribution is 2.32. The Labute approximate surface area is 153 Å². The molecule has 2 atom stereocenters. The van der Waals surface area contributed by atoms with Crippen LogP contribution in [-0.4, -0.2) is 54.8 Å². The first-order valence-corrected chi connectivity index (χ1v) is 8.66. The van der Waals surface area contributed by atoms with E-state index in [0.29, 0.717) is 24.6 Å². The third kappa shape index (κ3) is 3.80. The van der Waals surface area contributed by atoms with Gasteiger partial charge in [-0.1, -0.05) is 12.1 Å². The topological polar surface area (TPSA) is 71.9 Å². The average molecular weight is 356 g/mol. The molecule has 0 radical (unpaired) electrons. The number of rotatable bonds is 6. The zero-order valence-corrected chi connectivity index (χ0v) is 15.1. The van der Waals surface area contributed by atoms with Gasteiger partial charge in [-0.25, -0.2) is 0 Å². The normalized spacial score (nSPS) is 19.4. The van der Waals surface area contributed by atoms with Crippen LogP contribution in [0.3, 0.4) is 0 Å².